The molecule has 2 nitrogen and oxygen atoms in total. The van der Waals surface area contributed by atoms with E-state index in [0.717, 1.165) is 17.8 Å². The van der Waals surface area contributed by atoms with E-state index >= 15 is 0 Å². The summed E-state index contributed by atoms with van der Waals surface area (Å²) in [6, 6.07) is 5.47. The van der Waals surface area contributed by atoms with Crippen LogP contribution in [0.2, 0.25) is 10.0 Å². The van der Waals surface area contributed by atoms with Crippen molar-refractivity contribution in [1.82, 2.24) is 9.55 Å². The van der Waals surface area contributed by atoms with Crippen LogP contribution in [0.5, 0.6) is 0 Å². The summed E-state index contributed by atoms with van der Waals surface area (Å²) in [6.45, 7) is 2.89. The number of nitrogens with zero attached hydrogens (tertiary/aromatic N) is 2. The molecule has 0 unspecified atom stereocenters. The molecule has 0 saturated heterocycles. The van der Waals surface area contributed by atoms with Gasteiger partial charge in [0.1, 0.15) is 0 Å². The Balaban J connectivity index is 2.40. The van der Waals surface area contributed by atoms with E-state index in [9.17, 15) is 0 Å². The largest absolute Gasteiger partial charge is 0.328 e. The highest BCUT2D eigenvalue weighted by Crippen LogP contribution is 2.27. The second-order valence-electron chi connectivity index (χ2n) is 3.14. The average Bonchev–Trinajstić information content (AvgIpc) is 2.70. The van der Waals surface area contributed by atoms with Gasteiger partial charge in [-0.1, -0.05) is 29.3 Å². The Kier molecular flexibility index (Phi) is 2.98. The van der Waals surface area contributed by atoms with Crippen LogP contribution >= 0.6 is 23.2 Å². The Bertz CT molecular complexity index is 477. The molecule has 0 N–H and O–H groups in total. The molecule has 0 bridgehead atoms. The van der Waals surface area contributed by atoms with Crippen LogP contribution in [0, 0.1) is 6.33 Å². The molecule has 0 aliphatic heterocycles. The van der Waals surface area contributed by atoms with Gasteiger partial charge >= 0.3 is 0 Å². The lowest BCUT2D eigenvalue weighted by Crippen LogP contribution is -1.87. The Morgan fingerprint density at radius 1 is 1.33 bits per heavy atom. The summed E-state index contributed by atoms with van der Waals surface area (Å²) in [4.78, 5) is 4.16. The monoisotopic (exact) mass is 239 g/mol. The second-order valence-corrected chi connectivity index (χ2v) is 3.96. The van der Waals surface area contributed by atoms with Crippen molar-refractivity contribution >= 4 is 23.2 Å². The standard InChI is InChI=1S/C11H9Cl2N2/c1-2-15-6-11(14-7-15)8-3-4-9(12)10(13)5-8/h3-6H,2H2,1H3. The molecule has 0 fully saturated rings. The van der Waals surface area contributed by atoms with E-state index in [2.05, 4.69) is 11.3 Å². The van der Waals surface area contributed by atoms with Crippen molar-refractivity contribution in [3.63, 3.8) is 0 Å². The summed E-state index contributed by atoms with van der Waals surface area (Å²) in [5, 5.41) is 1.10. The predicted octanol–water partition coefficient (Wildman–Crippen LogP) is 3.68. The highest BCUT2D eigenvalue weighted by molar-refractivity contribution is 6.42. The summed E-state index contributed by atoms with van der Waals surface area (Å²) in [5.41, 5.74) is 1.81. The van der Waals surface area contributed by atoms with E-state index in [1.54, 1.807) is 12.1 Å². The Hall–Kier alpha value is -0.990. The molecular formula is C11H9Cl2N2. The Labute approximate surface area is 98.5 Å². The van der Waals surface area contributed by atoms with Gasteiger partial charge in [-0.15, -0.1) is 0 Å². The molecule has 0 amide bonds. The van der Waals surface area contributed by atoms with Crippen LogP contribution in [0.15, 0.2) is 24.4 Å². The van der Waals surface area contributed by atoms with E-state index < -0.39 is 0 Å². The van der Waals surface area contributed by atoms with Gasteiger partial charge in [0.15, 0.2) is 6.33 Å². The van der Waals surface area contributed by atoms with Gasteiger partial charge in [-0.05, 0) is 19.1 Å². The first-order valence-corrected chi connectivity index (χ1v) is 5.36. The van der Waals surface area contributed by atoms with Crippen LogP contribution in [-0.4, -0.2) is 9.55 Å². The van der Waals surface area contributed by atoms with Gasteiger partial charge in [-0.25, -0.2) is 4.98 Å². The summed E-state index contributed by atoms with van der Waals surface area (Å²) < 4.78 is 1.89. The van der Waals surface area contributed by atoms with Gasteiger partial charge in [-0.2, -0.15) is 0 Å². The number of rotatable bonds is 2. The van der Waals surface area contributed by atoms with Crippen LogP contribution in [0.3, 0.4) is 0 Å². The lowest BCUT2D eigenvalue weighted by atomic mass is 10.2. The molecule has 0 saturated carbocycles. The smallest absolute Gasteiger partial charge is 0.177 e. The first kappa shape index (κ1) is 10.5. The van der Waals surface area contributed by atoms with E-state index in [-0.39, 0.29) is 0 Å². The molecular weight excluding hydrogens is 231 g/mol. The van der Waals surface area contributed by atoms with Crippen molar-refractivity contribution in [1.29, 1.82) is 0 Å². The minimum atomic E-state index is 0.542. The van der Waals surface area contributed by atoms with Crippen molar-refractivity contribution in [2.24, 2.45) is 0 Å². The van der Waals surface area contributed by atoms with Crippen LogP contribution in [0.25, 0.3) is 11.3 Å². The Morgan fingerprint density at radius 2 is 2.13 bits per heavy atom. The summed E-state index contributed by atoms with van der Waals surface area (Å²) in [5.74, 6) is 0. The highest BCUT2D eigenvalue weighted by Gasteiger charge is 2.04. The molecule has 1 aromatic carbocycles. The van der Waals surface area contributed by atoms with Crippen molar-refractivity contribution < 1.29 is 0 Å². The fourth-order valence-corrected chi connectivity index (χ4v) is 1.58. The van der Waals surface area contributed by atoms with Crippen LogP contribution < -0.4 is 0 Å². The van der Waals surface area contributed by atoms with Crippen LogP contribution in [0.4, 0.5) is 0 Å². The molecule has 4 heteroatoms. The maximum atomic E-state index is 5.93. The molecule has 1 aromatic heterocycles. The summed E-state index contributed by atoms with van der Waals surface area (Å²) >= 11 is 11.8. The third-order valence-electron chi connectivity index (χ3n) is 2.13. The van der Waals surface area contributed by atoms with Crippen molar-refractivity contribution in [3.05, 3.63) is 40.8 Å². The summed E-state index contributed by atoms with van der Waals surface area (Å²) in [6.07, 6.45) is 4.81. The van der Waals surface area contributed by atoms with E-state index in [1.165, 1.54) is 0 Å². The number of aryl methyl sites for hydroxylation is 1. The van der Waals surface area contributed by atoms with Crippen molar-refractivity contribution in [3.8, 4) is 11.3 Å². The minimum Gasteiger partial charge on any atom is -0.328 e. The Morgan fingerprint density at radius 3 is 2.73 bits per heavy atom. The van der Waals surface area contributed by atoms with Gasteiger partial charge in [-0.3, -0.25) is 0 Å². The zero-order chi connectivity index (χ0) is 10.8. The molecule has 1 radical (unpaired) electrons. The highest BCUT2D eigenvalue weighted by atomic mass is 35.5. The fourth-order valence-electron chi connectivity index (χ4n) is 1.28. The SMILES string of the molecule is CCn1[c]nc(-c2ccc(Cl)c(Cl)c2)c1. The van der Waals surface area contributed by atoms with E-state index in [0.29, 0.717) is 10.0 Å². The first-order valence-electron chi connectivity index (χ1n) is 4.61. The molecule has 0 atom stereocenters. The van der Waals surface area contributed by atoms with Crippen LogP contribution in [-0.2, 0) is 6.54 Å². The number of hydrogen-bond donors (Lipinski definition) is 0. The molecule has 2 aromatic rings. The zero-order valence-corrected chi connectivity index (χ0v) is 9.68. The average molecular weight is 240 g/mol. The topological polar surface area (TPSA) is 17.8 Å². The fraction of sp³-hybridized carbons (Fsp3) is 0.182. The molecule has 0 aliphatic rings. The number of aromatic nitrogens is 2. The molecule has 0 spiro atoms. The lowest BCUT2D eigenvalue weighted by molar-refractivity contribution is 0.755. The minimum absolute atomic E-state index is 0.542. The third-order valence-corrected chi connectivity index (χ3v) is 2.87. The second kappa shape index (κ2) is 4.25. The maximum Gasteiger partial charge on any atom is 0.177 e. The predicted molar refractivity (Wildman–Crippen MR) is 62.2 cm³/mol. The van der Waals surface area contributed by atoms with Gasteiger partial charge in [0.25, 0.3) is 0 Å². The molecule has 77 valence electrons. The van der Waals surface area contributed by atoms with Crippen LogP contribution in [0.1, 0.15) is 6.92 Å². The molecule has 2 rings (SSSR count). The van der Waals surface area contributed by atoms with Crippen molar-refractivity contribution in [2.75, 3.05) is 0 Å². The molecule has 15 heavy (non-hydrogen) atoms. The number of hydrogen-bond acceptors (Lipinski definition) is 1. The number of imidazole rings is 1. The lowest BCUT2D eigenvalue weighted by Gasteiger charge is -1.99. The van der Waals surface area contributed by atoms with Crippen molar-refractivity contribution in [2.45, 2.75) is 13.5 Å². The number of halogens is 2. The normalized spacial score (nSPS) is 10.6. The van der Waals surface area contributed by atoms with E-state index in [4.69, 9.17) is 23.2 Å². The number of benzene rings is 1. The summed E-state index contributed by atoms with van der Waals surface area (Å²) in [7, 11) is 0. The van der Waals surface area contributed by atoms with Gasteiger partial charge in [0, 0.05) is 18.3 Å². The van der Waals surface area contributed by atoms with Gasteiger partial charge in [0.2, 0.25) is 0 Å². The third kappa shape index (κ3) is 2.16. The van der Waals surface area contributed by atoms with Gasteiger partial charge in [0.05, 0.1) is 15.7 Å². The quantitative estimate of drug-likeness (QED) is 0.782. The zero-order valence-electron chi connectivity index (χ0n) is 8.17. The van der Waals surface area contributed by atoms with E-state index in [1.807, 2.05) is 23.8 Å². The molecule has 1 heterocycles. The maximum absolute atomic E-state index is 5.93. The van der Waals surface area contributed by atoms with Gasteiger partial charge < -0.3 is 4.57 Å². The molecule has 0 aliphatic carbocycles. The first-order chi connectivity index (χ1) is 7.20.